The van der Waals surface area contributed by atoms with E-state index >= 15 is 0 Å². The second-order valence-corrected chi connectivity index (χ2v) is 6.57. The number of carbonyl (C=O) groups is 2. The fraction of sp³-hybridized carbons (Fsp3) is 0.333. The number of pyridine rings is 2. The third-order valence-electron chi connectivity index (χ3n) is 3.85. The van der Waals surface area contributed by atoms with Gasteiger partial charge in [-0.2, -0.15) is 0 Å². The molecule has 0 spiro atoms. The van der Waals surface area contributed by atoms with Gasteiger partial charge in [0.2, 0.25) is 0 Å². The summed E-state index contributed by atoms with van der Waals surface area (Å²) in [6, 6.07) is 8.39. The molecule has 2 aromatic rings. The first-order valence-electron chi connectivity index (χ1n) is 7.91. The van der Waals surface area contributed by atoms with Gasteiger partial charge in [-0.05, 0) is 31.2 Å². The number of ether oxygens (including phenoxy) is 1. The number of hydrogen-bond acceptors (Lipinski definition) is 6. The third kappa shape index (κ3) is 4.70. The fourth-order valence-electron chi connectivity index (χ4n) is 2.41. The van der Waals surface area contributed by atoms with E-state index in [1.54, 1.807) is 56.4 Å². The van der Waals surface area contributed by atoms with Gasteiger partial charge < -0.3 is 15.0 Å². The highest BCUT2D eigenvalue weighted by molar-refractivity contribution is 6.29. The number of halogens is 1. The van der Waals surface area contributed by atoms with Crippen molar-refractivity contribution in [2.75, 3.05) is 26.1 Å². The number of esters is 1. The highest BCUT2D eigenvalue weighted by Gasteiger charge is 2.33. The molecular weight excluding hydrogens is 356 g/mol. The molecule has 1 amide bonds. The Bertz CT molecular complexity index is 798. The van der Waals surface area contributed by atoms with Crippen molar-refractivity contribution in [2.24, 2.45) is 0 Å². The molecule has 0 saturated heterocycles. The molecule has 0 radical (unpaired) electrons. The maximum absolute atomic E-state index is 12.8. The second kappa shape index (κ2) is 8.14. The summed E-state index contributed by atoms with van der Waals surface area (Å²) in [5.74, 6) is -0.301. The maximum Gasteiger partial charge on any atom is 0.308 e. The lowest BCUT2D eigenvalue weighted by Gasteiger charge is -2.29. The van der Waals surface area contributed by atoms with Gasteiger partial charge in [0.1, 0.15) is 11.0 Å². The standard InChI is InChI=1S/C18H21ClN4O3/c1-18(11-16(24)26-4,13-7-5-6-8-20-13)22-17(25)12-9-14(19)21-15(10-12)23(2)3/h5-10H,11H2,1-4H3,(H,22,25). The van der Waals surface area contributed by atoms with Crippen molar-refractivity contribution in [3.63, 3.8) is 0 Å². The van der Waals surface area contributed by atoms with Gasteiger partial charge in [0.05, 0.1) is 24.8 Å². The molecule has 7 nitrogen and oxygen atoms in total. The molecule has 1 unspecified atom stereocenters. The minimum atomic E-state index is -1.04. The predicted molar refractivity (Wildman–Crippen MR) is 99.3 cm³/mol. The largest absolute Gasteiger partial charge is 0.469 e. The molecule has 0 bridgehead atoms. The van der Waals surface area contributed by atoms with E-state index in [0.29, 0.717) is 17.1 Å². The Morgan fingerprint density at radius 2 is 2.04 bits per heavy atom. The van der Waals surface area contributed by atoms with Crippen LogP contribution in [0.5, 0.6) is 0 Å². The second-order valence-electron chi connectivity index (χ2n) is 6.19. The summed E-state index contributed by atoms with van der Waals surface area (Å²) in [6.45, 7) is 1.72. The number of rotatable bonds is 6. The number of amides is 1. The summed E-state index contributed by atoms with van der Waals surface area (Å²) in [6.07, 6.45) is 1.54. The summed E-state index contributed by atoms with van der Waals surface area (Å²) in [7, 11) is 4.90. The van der Waals surface area contributed by atoms with Gasteiger partial charge in [0, 0.05) is 25.9 Å². The van der Waals surface area contributed by atoms with Crippen molar-refractivity contribution in [3.8, 4) is 0 Å². The minimum Gasteiger partial charge on any atom is -0.469 e. The van der Waals surface area contributed by atoms with Gasteiger partial charge in [-0.1, -0.05) is 17.7 Å². The molecule has 0 saturated carbocycles. The summed E-state index contributed by atoms with van der Waals surface area (Å²) in [4.78, 5) is 34.9. The van der Waals surface area contributed by atoms with Crippen LogP contribution in [0.3, 0.4) is 0 Å². The van der Waals surface area contributed by atoms with Gasteiger partial charge in [0.15, 0.2) is 0 Å². The molecule has 2 heterocycles. The molecule has 8 heteroatoms. The Balaban J connectivity index is 2.36. The Kier molecular flexibility index (Phi) is 6.15. The zero-order valence-corrected chi connectivity index (χ0v) is 15.9. The van der Waals surface area contributed by atoms with Crippen molar-refractivity contribution in [3.05, 3.63) is 52.9 Å². The third-order valence-corrected chi connectivity index (χ3v) is 4.04. The van der Waals surface area contributed by atoms with Crippen LogP contribution in [0.15, 0.2) is 36.5 Å². The van der Waals surface area contributed by atoms with Crippen LogP contribution in [0, 0.1) is 0 Å². The normalized spacial score (nSPS) is 12.8. The Labute approximate surface area is 157 Å². The first kappa shape index (κ1) is 19.7. The number of aromatic nitrogens is 2. The molecule has 1 N–H and O–H groups in total. The highest BCUT2D eigenvalue weighted by Crippen LogP contribution is 2.25. The van der Waals surface area contributed by atoms with Crippen molar-refractivity contribution >= 4 is 29.3 Å². The number of nitrogens with zero attached hydrogens (tertiary/aromatic N) is 3. The van der Waals surface area contributed by atoms with E-state index in [4.69, 9.17) is 16.3 Å². The Hall–Kier alpha value is -2.67. The molecule has 1 atom stereocenters. The number of hydrogen-bond donors (Lipinski definition) is 1. The van der Waals surface area contributed by atoms with Crippen molar-refractivity contribution in [2.45, 2.75) is 18.9 Å². The van der Waals surface area contributed by atoms with Crippen LogP contribution in [-0.2, 0) is 15.1 Å². The molecule has 0 aliphatic rings. The van der Waals surface area contributed by atoms with Crippen LogP contribution < -0.4 is 10.2 Å². The number of nitrogens with one attached hydrogen (secondary N) is 1. The topological polar surface area (TPSA) is 84.4 Å². The molecule has 138 valence electrons. The van der Waals surface area contributed by atoms with Crippen LogP contribution in [0.2, 0.25) is 5.15 Å². The zero-order chi connectivity index (χ0) is 19.3. The summed E-state index contributed by atoms with van der Waals surface area (Å²) < 4.78 is 4.77. The smallest absolute Gasteiger partial charge is 0.308 e. The maximum atomic E-state index is 12.8. The van der Waals surface area contributed by atoms with Crippen LogP contribution in [0.4, 0.5) is 5.82 Å². The molecule has 0 fully saturated rings. The van der Waals surface area contributed by atoms with E-state index in [1.165, 1.54) is 13.2 Å². The average molecular weight is 377 g/mol. The van der Waals surface area contributed by atoms with Gasteiger partial charge in [-0.15, -0.1) is 0 Å². The van der Waals surface area contributed by atoms with Crippen LogP contribution in [-0.4, -0.2) is 43.0 Å². The molecule has 0 aliphatic carbocycles. The monoisotopic (exact) mass is 376 g/mol. The average Bonchev–Trinajstić information content (AvgIpc) is 2.61. The predicted octanol–water partition coefficient (Wildman–Crippen LogP) is 2.40. The van der Waals surface area contributed by atoms with E-state index in [2.05, 4.69) is 15.3 Å². The lowest BCUT2D eigenvalue weighted by atomic mass is 9.92. The lowest BCUT2D eigenvalue weighted by molar-refractivity contribution is -0.142. The van der Waals surface area contributed by atoms with E-state index in [0.717, 1.165) is 0 Å². The number of carbonyl (C=O) groups excluding carboxylic acids is 2. The molecule has 26 heavy (non-hydrogen) atoms. The summed E-state index contributed by atoms with van der Waals surface area (Å²) in [5.41, 5.74) is -0.160. The Morgan fingerprint density at radius 3 is 2.62 bits per heavy atom. The molecule has 0 aromatic carbocycles. The zero-order valence-electron chi connectivity index (χ0n) is 15.1. The van der Waals surface area contributed by atoms with E-state index < -0.39 is 17.4 Å². The molecular formula is C18H21ClN4O3. The van der Waals surface area contributed by atoms with Crippen molar-refractivity contribution in [1.29, 1.82) is 0 Å². The quantitative estimate of drug-likeness (QED) is 0.615. The lowest BCUT2D eigenvalue weighted by Crippen LogP contribution is -2.45. The minimum absolute atomic E-state index is 0.0639. The van der Waals surface area contributed by atoms with E-state index in [9.17, 15) is 9.59 Å². The SMILES string of the molecule is COC(=O)CC(C)(NC(=O)c1cc(Cl)nc(N(C)C)c1)c1ccccn1. The van der Waals surface area contributed by atoms with Crippen LogP contribution >= 0.6 is 11.6 Å². The van der Waals surface area contributed by atoms with Gasteiger partial charge >= 0.3 is 5.97 Å². The number of methoxy groups -OCH3 is 1. The van der Waals surface area contributed by atoms with Gasteiger partial charge in [-0.3, -0.25) is 14.6 Å². The number of anilines is 1. The first-order chi connectivity index (χ1) is 12.2. The summed E-state index contributed by atoms with van der Waals surface area (Å²) >= 11 is 6.03. The molecule has 2 aromatic heterocycles. The molecule has 0 aliphatic heterocycles. The summed E-state index contributed by atoms with van der Waals surface area (Å²) in [5, 5.41) is 3.08. The van der Waals surface area contributed by atoms with Gasteiger partial charge in [-0.25, -0.2) is 4.98 Å². The van der Waals surface area contributed by atoms with Crippen molar-refractivity contribution < 1.29 is 14.3 Å². The first-order valence-corrected chi connectivity index (χ1v) is 8.29. The fourth-order valence-corrected chi connectivity index (χ4v) is 2.62. The van der Waals surface area contributed by atoms with Crippen molar-refractivity contribution in [1.82, 2.24) is 15.3 Å². The van der Waals surface area contributed by atoms with E-state index in [-0.39, 0.29) is 11.6 Å². The highest BCUT2D eigenvalue weighted by atomic mass is 35.5. The van der Waals surface area contributed by atoms with Gasteiger partial charge in [0.25, 0.3) is 5.91 Å². The van der Waals surface area contributed by atoms with E-state index in [1.807, 2.05) is 0 Å². The molecule has 2 rings (SSSR count). The van der Waals surface area contributed by atoms with Crippen LogP contribution in [0.1, 0.15) is 29.4 Å². The Morgan fingerprint density at radius 1 is 1.31 bits per heavy atom. The van der Waals surface area contributed by atoms with Crippen LogP contribution in [0.25, 0.3) is 0 Å².